The van der Waals surface area contributed by atoms with E-state index >= 15 is 0 Å². The summed E-state index contributed by atoms with van der Waals surface area (Å²) in [6.45, 7) is 1.57. The Labute approximate surface area is 129 Å². The van der Waals surface area contributed by atoms with Gasteiger partial charge in [-0.05, 0) is 18.9 Å². The summed E-state index contributed by atoms with van der Waals surface area (Å²) in [5.41, 5.74) is -0.535. The van der Waals surface area contributed by atoms with Gasteiger partial charge in [-0.15, -0.1) is 0 Å². The summed E-state index contributed by atoms with van der Waals surface area (Å²) < 4.78 is 0. The van der Waals surface area contributed by atoms with Crippen molar-refractivity contribution in [1.29, 1.82) is 0 Å². The highest BCUT2D eigenvalue weighted by molar-refractivity contribution is 5.82. The van der Waals surface area contributed by atoms with E-state index < -0.39 is 23.6 Å². The Hall–Kier alpha value is -1.92. The van der Waals surface area contributed by atoms with E-state index in [2.05, 4.69) is 0 Å². The van der Waals surface area contributed by atoms with Crippen molar-refractivity contribution >= 4 is 11.9 Å². The van der Waals surface area contributed by atoms with Crippen LogP contribution < -0.4 is 0 Å². The number of hydrogen-bond acceptors (Lipinski definition) is 4. The summed E-state index contributed by atoms with van der Waals surface area (Å²) in [5, 5.41) is 28.8. The molecule has 1 aromatic carbocycles. The lowest BCUT2D eigenvalue weighted by molar-refractivity contribution is -0.155. The maximum atomic E-state index is 12.1. The van der Waals surface area contributed by atoms with Crippen LogP contribution in [-0.4, -0.2) is 56.9 Å². The minimum atomic E-state index is -1.39. The van der Waals surface area contributed by atoms with Crippen molar-refractivity contribution in [3.63, 3.8) is 0 Å². The lowest BCUT2D eigenvalue weighted by Gasteiger charge is -2.39. The van der Waals surface area contributed by atoms with Gasteiger partial charge in [-0.2, -0.15) is 0 Å². The molecule has 0 aliphatic carbocycles. The molecule has 1 aliphatic heterocycles. The van der Waals surface area contributed by atoms with Crippen LogP contribution in [0.3, 0.4) is 0 Å². The Kier molecular flexibility index (Phi) is 4.83. The minimum absolute atomic E-state index is 0.00479. The summed E-state index contributed by atoms with van der Waals surface area (Å²) in [6.07, 6.45) is -0.289. The van der Waals surface area contributed by atoms with Gasteiger partial charge in [-0.1, -0.05) is 30.3 Å². The van der Waals surface area contributed by atoms with E-state index in [-0.39, 0.29) is 18.9 Å². The molecule has 1 saturated heterocycles. The summed E-state index contributed by atoms with van der Waals surface area (Å²) in [7, 11) is 0. The van der Waals surface area contributed by atoms with Gasteiger partial charge >= 0.3 is 11.9 Å². The fourth-order valence-electron chi connectivity index (χ4n) is 3.55. The highest BCUT2D eigenvalue weighted by Gasteiger charge is 2.55. The molecule has 1 fully saturated rings. The van der Waals surface area contributed by atoms with Gasteiger partial charge in [0.25, 0.3) is 0 Å². The normalized spacial score (nSPS) is 26.7. The Morgan fingerprint density at radius 3 is 2.45 bits per heavy atom. The number of nitrogens with zero attached hydrogens (tertiary/aromatic N) is 1. The first-order valence-corrected chi connectivity index (χ1v) is 7.31. The van der Waals surface area contributed by atoms with E-state index in [4.69, 9.17) is 5.11 Å². The molecule has 6 heteroatoms. The number of aliphatic hydroxyl groups excluding tert-OH is 1. The second-order valence-corrected chi connectivity index (χ2v) is 5.85. The average molecular weight is 307 g/mol. The zero-order valence-corrected chi connectivity index (χ0v) is 12.5. The minimum Gasteiger partial charge on any atom is -0.480 e. The van der Waals surface area contributed by atoms with Crippen LogP contribution in [0.5, 0.6) is 0 Å². The van der Waals surface area contributed by atoms with Crippen molar-refractivity contribution in [2.45, 2.75) is 37.3 Å². The van der Waals surface area contributed by atoms with E-state index in [1.165, 1.54) is 11.8 Å². The number of hydrogen-bond donors (Lipinski definition) is 3. The smallest absolute Gasteiger partial charge is 0.324 e. The zero-order chi connectivity index (χ0) is 16.3. The molecule has 0 radical (unpaired) electrons. The van der Waals surface area contributed by atoms with Crippen molar-refractivity contribution in [3.8, 4) is 0 Å². The first-order chi connectivity index (χ1) is 10.4. The number of rotatable bonds is 6. The summed E-state index contributed by atoms with van der Waals surface area (Å²) >= 11 is 0. The Morgan fingerprint density at radius 1 is 1.32 bits per heavy atom. The molecule has 2 unspecified atom stereocenters. The number of carboxylic acids is 2. The van der Waals surface area contributed by atoms with Crippen LogP contribution >= 0.6 is 0 Å². The number of likely N-dealkylation sites (tertiary alicyclic amines) is 1. The second kappa shape index (κ2) is 6.46. The number of carbonyl (C=O) groups is 2. The number of carboxylic acid groups (broad SMARTS) is 2. The van der Waals surface area contributed by atoms with Crippen molar-refractivity contribution in [1.82, 2.24) is 4.90 Å². The van der Waals surface area contributed by atoms with E-state index in [0.717, 1.165) is 5.56 Å². The summed E-state index contributed by atoms with van der Waals surface area (Å²) in [6, 6.07) is 9.24. The van der Waals surface area contributed by atoms with Crippen LogP contribution in [0.1, 0.15) is 31.2 Å². The third-order valence-electron chi connectivity index (χ3n) is 4.33. The quantitative estimate of drug-likeness (QED) is 0.729. The Balaban J connectivity index is 2.48. The second-order valence-electron chi connectivity index (χ2n) is 5.85. The average Bonchev–Trinajstić information content (AvgIpc) is 2.78. The van der Waals surface area contributed by atoms with E-state index in [1.54, 1.807) is 0 Å². The van der Waals surface area contributed by atoms with E-state index in [9.17, 15) is 19.8 Å². The molecule has 2 rings (SSSR count). The van der Waals surface area contributed by atoms with E-state index in [1.807, 2.05) is 30.3 Å². The third kappa shape index (κ3) is 2.98. The molecule has 1 aliphatic rings. The maximum Gasteiger partial charge on any atom is 0.324 e. The predicted octanol–water partition coefficient (Wildman–Crippen LogP) is 1.15. The van der Waals surface area contributed by atoms with Crippen LogP contribution in [0.2, 0.25) is 0 Å². The topological polar surface area (TPSA) is 98.1 Å². The highest BCUT2D eigenvalue weighted by Crippen LogP contribution is 2.45. The molecular weight excluding hydrogens is 286 g/mol. The van der Waals surface area contributed by atoms with Crippen molar-refractivity contribution in [3.05, 3.63) is 35.9 Å². The molecule has 6 nitrogen and oxygen atoms in total. The molecule has 1 aromatic rings. The molecule has 3 atom stereocenters. The lowest BCUT2D eigenvalue weighted by Crippen LogP contribution is -2.56. The fraction of sp³-hybridized carbons (Fsp3) is 0.500. The predicted molar refractivity (Wildman–Crippen MR) is 79.7 cm³/mol. The highest BCUT2D eigenvalue weighted by atomic mass is 16.4. The molecule has 0 saturated carbocycles. The van der Waals surface area contributed by atoms with Gasteiger partial charge in [-0.25, -0.2) is 0 Å². The van der Waals surface area contributed by atoms with Gasteiger partial charge in [-0.3, -0.25) is 14.5 Å². The molecule has 22 heavy (non-hydrogen) atoms. The summed E-state index contributed by atoms with van der Waals surface area (Å²) in [4.78, 5) is 24.7. The third-order valence-corrected chi connectivity index (χ3v) is 4.33. The number of aliphatic carboxylic acids is 2. The fourth-order valence-corrected chi connectivity index (χ4v) is 3.55. The van der Waals surface area contributed by atoms with Gasteiger partial charge in [0, 0.05) is 18.9 Å². The Bertz CT molecular complexity index is 545. The van der Waals surface area contributed by atoms with Gasteiger partial charge in [0.05, 0.1) is 12.6 Å². The lowest BCUT2D eigenvalue weighted by atomic mass is 9.76. The summed E-state index contributed by atoms with van der Waals surface area (Å²) in [5.74, 6) is -2.49. The Morgan fingerprint density at radius 2 is 1.95 bits per heavy atom. The molecule has 0 aromatic heterocycles. The van der Waals surface area contributed by atoms with Crippen molar-refractivity contribution < 1.29 is 24.9 Å². The zero-order valence-electron chi connectivity index (χ0n) is 12.5. The van der Waals surface area contributed by atoms with Crippen molar-refractivity contribution in [2.75, 3.05) is 13.1 Å². The first-order valence-electron chi connectivity index (χ1n) is 7.31. The first kappa shape index (κ1) is 16.5. The molecule has 1 heterocycles. The number of aliphatic hydroxyl groups is 1. The molecule has 0 amide bonds. The van der Waals surface area contributed by atoms with Crippen molar-refractivity contribution in [2.24, 2.45) is 0 Å². The molecule has 0 spiro atoms. The van der Waals surface area contributed by atoms with Crippen LogP contribution in [0.25, 0.3) is 0 Å². The van der Waals surface area contributed by atoms with Crippen LogP contribution in [0.15, 0.2) is 30.3 Å². The standard InChI is InChI=1S/C16H21NO5/c1-11(18)9-16(15(21)22)13(12-5-3-2-4-6-12)7-8-17(16)10-14(19)20/h2-6,11,13,18H,7-10H2,1H3,(H,19,20)(H,21,22)/t11?,13?,16-/m0/s1. The van der Waals surface area contributed by atoms with Crippen LogP contribution in [0.4, 0.5) is 0 Å². The SMILES string of the molecule is CC(O)C[C@@]1(C(=O)O)C(c2ccccc2)CCN1CC(=O)O. The monoisotopic (exact) mass is 307 g/mol. The number of benzene rings is 1. The molecule has 120 valence electrons. The molecular formula is C16H21NO5. The molecule has 3 N–H and O–H groups in total. The van der Waals surface area contributed by atoms with Gasteiger partial charge in [0.15, 0.2) is 0 Å². The maximum absolute atomic E-state index is 12.1. The molecule has 0 bridgehead atoms. The van der Waals surface area contributed by atoms with Gasteiger partial charge in [0.2, 0.25) is 0 Å². The largest absolute Gasteiger partial charge is 0.480 e. The van der Waals surface area contributed by atoms with Gasteiger partial charge < -0.3 is 15.3 Å². The van der Waals surface area contributed by atoms with E-state index in [0.29, 0.717) is 13.0 Å². The van der Waals surface area contributed by atoms with Gasteiger partial charge in [0.1, 0.15) is 5.54 Å². The van der Waals surface area contributed by atoms with Crippen LogP contribution in [-0.2, 0) is 9.59 Å². The van der Waals surface area contributed by atoms with Crippen LogP contribution in [0, 0.1) is 0 Å².